The van der Waals surface area contributed by atoms with Crippen molar-refractivity contribution in [3.05, 3.63) is 50.3 Å². The summed E-state index contributed by atoms with van der Waals surface area (Å²) in [4.78, 5) is 52.7. The molecule has 2 aliphatic rings. The third kappa shape index (κ3) is 3.37. The summed E-state index contributed by atoms with van der Waals surface area (Å²) in [6, 6.07) is 1.12. The number of fused-ring (bicyclic) bond motifs is 2. The van der Waals surface area contributed by atoms with Gasteiger partial charge in [-0.1, -0.05) is 6.92 Å². The van der Waals surface area contributed by atoms with E-state index >= 15 is 0 Å². The summed E-state index contributed by atoms with van der Waals surface area (Å²) in [6.07, 6.45) is 3.10. The fraction of sp³-hybridized carbons (Fsp3) is 0.412. The van der Waals surface area contributed by atoms with Crippen LogP contribution in [0.4, 0.5) is 0 Å². The van der Waals surface area contributed by atoms with Crippen LogP contribution in [-0.2, 0) is 4.74 Å². The normalized spacial score (nSPS) is 21.9. The number of rotatable bonds is 6. The molecule has 0 radical (unpaired) electrons. The van der Waals surface area contributed by atoms with Crippen molar-refractivity contribution in [3.63, 3.8) is 0 Å². The Balaban J connectivity index is 1.97. The molecule has 27 heavy (non-hydrogen) atoms. The van der Waals surface area contributed by atoms with Crippen LogP contribution >= 0.6 is 11.8 Å². The number of ketones is 2. The third-order valence-corrected chi connectivity index (χ3v) is 5.80. The Morgan fingerprint density at radius 3 is 2.81 bits per heavy atom. The van der Waals surface area contributed by atoms with E-state index < -0.39 is 33.6 Å². The molecule has 1 aliphatic heterocycles. The van der Waals surface area contributed by atoms with Crippen molar-refractivity contribution in [2.24, 2.45) is 5.92 Å². The van der Waals surface area contributed by atoms with E-state index in [2.05, 4.69) is 10.3 Å². The van der Waals surface area contributed by atoms with E-state index in [4.69, 9.17) is 4.74 Å². The molecule has 1 aromatic heterocycles. The van der Waals surface area contributed by atoms with E-state index in [1.54, 1.807) is 0 Å². The summed E-state index contributed by atoms with van der Waals surface area (Å²) < 4.78 is 5.05. The van der Waals surface area contributed by atoms with E-state index in [-0.39, 0.29) is 27.9 Å². The van der Waals surface area contributed by atoms with Crippen molar-refractivity contribution < 1.29 is 24.0 Å². The number of carbonyl (C=O) groups is 3. The average Bonchev–Trinajstić information content (AvgIpc) is 3.11. The zero-order valence-corrected chi connectivity index (χ0v) is 15.4. The maximum Gasteiger partial charge on any atom is 0.300 e. The third-order valence-electron chi connectivity index (χ3n) is 4.51. The average molecular weight is 391 g/mol. The molecule has 2 heterocycles. The fourth-order valence-corrected chi connectivity index (χ4v) is 4.28. The van der Waals surface area contributed by atoms with Crippen molar-refractivity contribution in [1.82, 2.24) is 10.3 Å². The van der Waals surface area contributed by atoms with Gasteiger partial charge in [0.25, 0.3) is 5.91 Å². The molecule has 0 bridgehead atoms. The molecule has 3 atom stereocenters. The lowest BCUT2D eigenvalue weighted by atomic mass is 9.82. The number of carbonyl (C=O) groups excluding carboxylic acids is 3. The molecule has 3 rings (SSSR count). The minimum absolute atomic E-state index is 0.0431. The first-order chi connectivity index (χ1) is 12.9. The van der Waals surface area contributed by atoms with Crippen molar-refractivity contribution in [1.29, 1.82) is 0 Å². The van der Waals surface area contributed by atoms with E-state index in [0.717, 1.165) is 11.8 Å². The molecule has 0 aromatic carbocycles. The Kier molecular flexibility index (Phi) is 5.38. The van der Waals surface area contributed by atoms with Crippen molar-refractivity contribution in [2.45, 2.75) is 24.6 Å². The van der Waals surface area contributed by atoms with Gasteiger partial charge in [0, 0.05) is 19.4 Å². The second kappa shape index (κ2) is 7.57. The fourth-order valence-electron chi connectivity index (χ4n) is 3.13. The van der Waals surface area contributed by atoms with E-state index in [1.165, 1.54) is 25.4 Å². The van der Waals surface area contributed by atoms with Crippen LogP contribution in [0.2, 0.25) is 0 Å². The zero-order chi connectivity index (χ0) is 19.7. The number of allylic oxidation sites excluding steroid dienone is 1. The zero-order valence-electron chi connectivity index (χ0n) is 14.6. The molecule has 0 fully saturated rings. The predicted molar refractivity (Wildman–Crippen MR) is 96.3 cm³/mol. The summed E-state index contributed by atoms with van der Waals surface area (Å²) in [5.41, 5.74) is -0.143. The first kappa shape index (κ1) is 19.2. The molecule has 0 saturated heterocycles. The van der Waals surface area contributed by atoms with Crippen LogP contribution in [0.25, 0.3) is 0 Å². The lowest BCUT2D eigenvalue weighted by molar-refractivity contribution is -0.410. The first-order valence-electron chi connectivity index (χ1n) is 8.29. The summed E-state index contributed by atoms with van der Waals surface area (Å²) in [6.45, 7) is 2.18. The summed E-state index contributed by atoms with van der Waals surface area (Å²) >= 11 is 0.737. The van der Waals surface area contributed by atoms with Gasteiger partial charge in [-0.05, 0) is 24.2 Å². The van der Waals surface area contributed by atoms with Gasteiger partial charge in [-0.15, -0.1) is 0 Å². The van der Waals surface area contributed by atoms with Crippen molar-refractivity contribution in [3.8, 4) is 0 Å². The molecule has 1 amide bonds. The monoisotopic (exact) mass is 391 g/mol. The second-order valence-corrected chi connectivity index (χ2v) is 7.33. The molecule has 1 N–H and O–H groups in total. The van der Waals surface area contributed by atoms with Gasteiger partial charge in [0.1, 0.15) is 5.69 Å². The lowest BCUT2D eigenvalue weighted by Gasteiger charge is -2.25. The number of nitrogens with zero attached hydrogens (tertiary/aromatic N) is 2. The number of amides is 1. The highest BCUT2D eigenvalue weighted by atomic mass is 32.2. The Hall–Kier alpha value is -2.59. The Labute approximate surface area is 158 Å². The molecular weight excluding hydrogens is 374 g/mol. The molecule has 9 nitrogen and oxygen atoms in total. The molecule has 1 aromatic rings. The lowest BCUT2D eigenvalue weighted by Crippen LogP contribution is -2.41. The number of nitrogens with one attached hydrogen (secondary N) is 1. The largest absolute Gasteiger partial charge is 0.383 e. The maximum atomic E-state index is 12.9. The summed E-state index contributed by atoms with van der Waals surface area (Å²) in [7, 11) is 1.52. The first-order valence-corrected chi connectivity index (χ1v) is 9.17. The molecular formula is C17H17N3O6S. The van der Waals surface area contributed by atoms with Crippen molar-refractivity contribution >= 4 is 29.2 Å². The van der Waals surface area contributed by atoms with Gasteiger partial charge in [0.05, 0.1) is 39.9 Å². The molecule has 3 unspecified atom stereocenters. The molecule has 142 valence electrons. The number of hydrogen-bond donors (Lipinski definition) is 1. The van der Waals surface area contributed by atoms with Crippen LogP contribution in [0.5, 0.6) is 0 Å². The van der Waals surface area contributed by atoms with Gasteiger partial charge in [-0.25, -0.2) is 0 Å². The smallest absolute Gasteiger partial charge is 0.300 e. The molecule has 10 heteroatoms. The van der Waals surface area contributed by atoms with E-state index in [9.17, 15) is 24.5 Å². The van der Waals surface area contributed by atoms with Gasteiger partial charge in [0.15, 0.2) is 11.6 Å². The second-order valence-electron chi connectivity index (χ2n) is 6.17. The SMILES string of the molecule is CCC(COC)NC(=O)c1ccnc2c1C(=O)C1SC([N+](=O)[O-])=CC1C2=O. The predicted octanol–water partition coefficient (Wildman–Crippen LogP) is 1.47. The highest BCUT2D eigenvalue weighted by Crippen LogP contribution is 2.43. The van der Waals surface area contributed by atoms with Gasteiger partial charge < -0.3 is 10.1 Å². The topological polar surface area (TPSA) is 128 Å². The molecule has 1 aliphatic carbocycles. The minimum Gasteiger partial charge on any atom is -0.383 e. The Bertz CT molecular complexity index is 868. The number of aromatic nitrogens is 1. The highest BCUT2D eigenvalue weighted by Gasteiger charge is 2.50. The quantitative estimate of drug-likeness (QED) is 0.570. The van der Waals surface area contributed by atoms with Crippen LogP contribution in [0.1, 0.15) is 44.5 Å². The van der Waals surface area contributed by atoms with Crippen LogP contribution in [0, 0.1) is 16.0 Å². The van der Waals surface area contributed by atoms with Gasteiger partial charge >= 0.3 is 5.03 Å². The molecule has 0 saturated carbocycles. The van der Waals surface area contributed by atoms with Crippen LogP contribution in [-0.4, -0.2) is 52.4 Å². The summed E-state index contributed by atoms with van der Waals surface area (Å²) in [5.74, 6) is -2.43. The van der Waals surface area contributed by atoms with Crippen LogP contribution in [0.15, 0.2) is 23.4 Å². The van der Waals surface area contributed by atoms with Gasteiger partial charge in [-0.2, -0.15) is 0 Å². The minimum atomic E-state index is -0.943. The number of thioether (sulfide) groups is 1. The standard InChI is InChI=1S/C17H17N3O6S/c1-3-8(7-26-2)19-17(23)9-4-5-18-13-12(9)15(22)16-10(14(13)21)6-11(27-16)20(24)25/h4-6,8,10,16H,3,7H2,1-2H3,(H,19,23). The number of pyridine rings is 1. The number of ether oxygens (including phenoxy) is 1. The van der Waals surface area contributed by atoms with Crippen LogP contribution in [0.3, 0.4) is 0 Å². The van der Waals surface area contributed by atoms with Crippen LogP contribution < -0.4 is 5.32 Å². The van der Waals surface area contributed by atoms with Gasteiger partial charge in [-0.3, -0.25) is 29.5 Å². The number of hydrogen-bond acceptors (Lipinski definition) is 8. The number of methoxy groups -OCH3 is 1. The Morgan fingerprint density at radius 1 is 1.44 bits per heavy atom. The number of Topliss-reactive ketones (excluding diaryl/α,β-unsaturated/α-hetero) is 2. The van der Waals surface area contributed by atoms with E-state index in [1.807, 2.05) is 6.92 Å². The van der Waals surface area contributed by atoms with Gasteiger partial charge in [0.2, 0.25) is 0 Å². The Morgan fingerprint density at radius 2 is 2.19 bits per heavy atom. The number of nitro groups is 1. The van der Waals surface area contributed by atoms with E-state index in [0.29, 0.717) is 13.0 Å². The maximum absolute atomic E-state index is 12.9. The van der Waals surface area contributed by atoms with Crippen molar-refractivity contribution in [2.75, 3.05) is 13.7 Å². The molecule has 0 spiro atoms. The summed E-state index contributed by atoms with van der Waals surface area (Å²) in [5, 5.41) is 12.6. The highest BCUT2D eigenvalue weighted by molar-refractivity contribution is 8.04.